The van der Waals surface area contributed by atoms with E-state index >= 15 is 0 Å². The number of carbonyl (C=O) groups excluding carboxylic acids is 1. The maximum absolute atomic E-state index is 12.9. The highest BCUT2D eigenvalue weighted by molar-refractivity contribution is 7.98. The number of amides is 1. The van der Waals surface area contributed by atoms with Crippen LogP contribution in [0.5, 0.6) is 0 Å². The number of likely N-dealkylation sites (N-methyl/N-ethyl adjacent to an activating group) is 1. The highest BCUT2D eigenvalue weighted by atomic mass is 32.2. The number of rotatable bonds is 8. The highest BCUT2D eigenvalue weighted by Crippen LogP contribution is 2.26. The van der Waals surface area contributed by atoms with Crippen molar-refractivity contribution in [1.29, 1.82) is 0 Å². The second-order valence-corrected chi connectivity index (χ2v) is 9.54. The van der Waals surface area contributed by atoms with Crippen LogP contribution in [0.15, 0.2) is 35.5 Å². The molecule has 0 unspecified atom stereocenters. The minimum absolute atomic E-state index is 0.126. The van der Waals surface area contributed by atoms with Gasteiger partial charge in [0, 0.05) is 62.8 Å². The third-order valence-electron chi connectivity index (χ3n) is 5.59. The largest absolute Gasteiger partial charge is 0.360 e. The standard InChI is InChI=1S/C24H35N5OS/c1-6-10-28(5)22-16-21(18(2)3)25-24(26-22)31-17-19-8-7-9-20(15-19)23(30)29-13-11-27(4)12-14-29/h7-9,15-16,18H,6,10-14,17H2,1-5H3. The van der Waals surface area contributed by atoms with Crippen LogP contribution in [-0.2, 0) is 5.75 Å². The van der Waals surface area contributed by atoms with Crippen molar-refractivity contribution in [3.05, 3.63) is 47.2 Å². The Labute approximate surface area is 191 Å². The fourth-order valence-electron chi connectivity index (χ4n) is 3.57. The van der Waals surface area contributed by atoms with Crippen LogP contribution in [0.3, 0.4) is 0 Å². The van der Waals surface area contributed by atoms with Gasteiger partial charge in [-0.15, -0.1) is 0 Å². The van der Waals surface area contributed by atoms with Gasteiger partial charge in [-0.2, -0.15) is 0 Å². The van der Waals surface area contributed by atoms with Crippen molar-refractivity contribution in [3.8, 4) is 0 Å². The van der Waals surface area contributed by atoms with Gasteiger partial charge in [0.2, 0.25) is 0 Å². The molecule has 3 rings (SSSR count). The molecule has 1 fully saturated rings. The third-order valence-corrected chi connectivity index (χ3v) is 6.50. The van der Waals surface area contributed by atoms with Crippen LogP contribution in [0.1, 0.15) is 54.7 Å². The molecule has 0 radical (unpaired) electrons. The van der Waals surface area contributed by atoms with E-state index in [4.69, 9.17) is 9.97 Å². The minimum atomic E-state index is 0.126. The first-order chi connectivity index (χ1) is 14.9. The number of carbonyl (C=O) groups is 1. The first kappa shape index (κ1) is 23.5. The number of aromatic nitrogens is 2. The number of piperazine rings is 1. The Morgan fingerprint density at radius 2 is 1.90 bits per heavy atom. The van der Waals surface area contributed by atoms with Crippen LogP contribution in [0.25, 0.3) is 0 Å². The molecule has 168 valence electrons. The van der Waals surface area contributed by atoms with Gasteiger partial charge in [-0.3, -0.25) is 4.79 Å². The van der Waals surface area contributed by atoms with Crippen molar-refractivity contribution in [2.45, 2.75) is 44.0 Å². The van der Waals surface area contributed by atoms with Gasteiger partial charge < -0.3 is 14.7 Å². The molecule has 0 atom stereocenters. The lowest BCUT2D eigenvalue weighted by atomic mass is 10.1. The summed E-state index contributed by atoms with van der Waals surface area (Å²) in [6.07, 6.45) is 1.08. The van der Waals surface area contributed by atoms with Crippen LogP contribution in [0.2, 0.25) is 0 Å². The molecule has 0 saturated carbocycles. The summed E-state index contributed by atoms with van der Waals surface area (Å²) >= 11 is 1.63. The number of benzene rings is 1. The normalized spacial score (nSPS) is 14.8. The Balaban J connectivity index is 1.71. The predicted octanol–water partition coefficient (Wildman–Crippen LogP) is 4.13. The number of nitrogens with zero attached hydrogens (tertiary/aromatic N) is 5. The van der Waals surface area contributed by atoms with Gasteiger partial charge in [0.25, 0.3) is 5.91 Å². The van der Waals surface area contributed by atoms with E-state index in [1.54, 1.807) is 11.8 Å². The van der Waals surface area contributed by atoms with Crippen molar-refractivity contribution in [2.75, 3.05) is 51.7 Å². The van der Waals surface area contributed by atoms with Crippen molar-refractivity contribution >= 4 is 23.5 Å². The second kappa shape index (κ2) is 11.0. The third kappa shape index (κ3) is 6.43. The van der Waals surface area contributed by atoms with E-state index in [0.717, 1.165) is 72.7 Å². The van der Waals surface area contributed by atoms with Gasteiger partial charge in [0.1, 0.15) is 5.82 Å². The molecule has 7 heteroatoms. The van der Waals surface area contributed by atoms with Gasteiger partial charge >= 0.3 is 0 Å². The minimum Gasteiger partial charge on any atom is -0.360 e. The summed E-state index contributed by atoms with van der Waals surface area (Å²) in [5.74, 6) is 2.19. The zero-order valence-corrected chi connectivity index (χ0v) is 20.3. The molecule has 0 spiro atoms. The van der Waals surface area contributed by atoms with E-state index in [0.29, 0.717) is 5.92 Å². The Morgan fingerprint density at radius 3 is 2.58 bits per heavy atom. The first-order valence-electron chi connectivity index (χ1n) is 11.2. The molecule has 1 aromatic carbocycles. The molecular weight excluding hydrogens is 406 g/mol. The Morgan fingerprint density at radius 1 is 1.16 bits per heavy atom. The van der Waals surface area contributed by atoms with E-state index in [9.17, 15) is 4.79 Å². The molecule has 1 saturated heterocycles. The summed E-state index contributed by atoms with van der Waals surface area (Å²) in [5.41, 5.74) is 2.95. The number of hydrogen-bond donors (Lipinski definition) is 0. The summed E-state index contributed by atoms with van der Waals surface area (Å²) in [6, 6.07) is 10.1. The fraction of sp³-hybridized carbons (Fsp3) is 0.542. The van der Waals surface area contributed by atoms with E-state index in [-0.39, 0.29) is 5.91 Å². The van der Waals surface area contributed by atoms with E-state index in [2.05, 4.69) is 56.8 Å². The maximum Gasteiger partial charge on any atom is 0.253 e. The number of thioether (sulfide) groups is 1. The molecule has 0 bridgehead atoms. The van der Waals surface area contributed by atoms with Crippen LogP contribution in [0, 0.1) is 0 Å². The van der Waals surface area contributed by atoms with Crippen molar-refractivity contribution in [3.63, 3.8) is 0 Å². The lowest BCUT2D eigenvalue weighted by molar-refractivity contribution is 0.0664. The summed E-state index contributed by atoms with van der Waals surface area (Å²) in [4.78, 5) is 28.9. The van der Waals surface area contributed by atoms with E-state index < -0.39 is 0 Å². The molecule has 1 amide bonds. The lowest BCUT2D eigenvalue weighted by Gasteiger charge is -2.32. The molecular formula is C24H35N5OS. The summed E-state index contributed by atoms with van der Waals surface area (Å²) in [6.45, 7) is 10.9. The van der Waals surface area contributed by atoms with Gasteiger partial charge in [-0.1, -0.05) is 44.7 Å². The maximum atomic E-state index is 12.9. The summed E-state index contributed by atoms with van der Waals surface area (Å²) in [5, 5.41) is 0.792. The monoisotopic (exact) mass is 441 g/mol. The topological polar surface area (TPSA) is 52.6 Å². The van der Waals surface area contributed by atoms with Crippen LogP contribution in [-0.4, -0.2) is 72.5 Å². The Kier molecular flexibility index (Phi) is 8.32. The summed E-state index contributed by atoms with van der Waals surface area (Å²) < 4.78 is 0. The molecule has 6 nitrogen and oxygen atoms in total. The first-order valence-corrected chi connectivity index (χ1v) is 12.2. The molecule has 2 heterocycles. The zero-order chi connectivity index (χ0) is 22.4. The second-order valence-electron chi connectivity index (χ2n) is 8.59. The van der Waals surface area contributed by atoms with Gasteiger partial charge in [-0.25, -0.2) is 9.97 Å². The van der Waals surface area contributed by atoms with Crippen molar-refractivity contribution in [2.24, 2.45) is 0 Å². The Hall–Kier alpha value is -2.12. The SMILES string of the molecule is CCCN(C)c1cc(C(C)C)nc(SCc2cccc(C(=O)N3CCN(C)CC3)c2)n1. The molecule has 1 aliphatic rings. The quantitative estimate of drug-likeness (QED) is 0.454. The predicted molar refractivity (Wildman–Crippen MR) is 129 cm³/mol. The average molecular weight is 442 g/mol. The van der Waals surface area contributed by atoms with Crippen LogP contribution < -0.4 is 4.90 Å². The summed E-state index contributed by atoms with van der Waals surface area (Å²) in [7, 11) is 4.18. The van der Waals surface area contributed by atoms with E-state index in [1.165, 1.54) is 0 Å². The Bertz CT molecular complexity index is 880. The fourth-order valence-corrected chi connectivity index (χ4v) is 4.37. The number of anilines is 1. The lowest BCUT2D eigenvalue weighted by Crippen LogP contribution is -2.47. The van der Waals surface area contributed by atoms with Gasteiger partial charge in [0.05, 0.1) is 0 Å². The van der Waals surface area contributed by atoms with Crippen LogP contribution >= 0.6 is 11.8 Å². The van der Waals surface area contributed by atoms with Crippen molar-refractivity contribution < 1.29 is 4.79 Å². The zero-order valence-electron chi connectivity index (χ0n) is 19.5. The van der Waals surface area contributed by atoms with Gasteiger partial charge in [-0.05, 0) is 37.1 Å². The molecule has 2 aromatic rings. The molecule has 31 heavy (non-hydrogen) atoms. The smallest absolute Gasteiger partial charge is 0.253 e. The average Bonchev–Trinajstić information content (AvgIpc) is 2.78. The number of hydrogen-bond acceptors (Lipinski definition) is 6. The molecule has 0 N–H and O–H groups in total. The van der Waals surface area contributed by atoms with Crippen molar-refractivity contribution in [1.82, 2.24) is 19.8 Å². The molecule has 1 aliphatic heterocycles. The molecule has 1 aromatic heterocycles. The van der Waals surface area contributed by atoms with Crippen LogP contribution in [0.4, 0.5) is 5.82 Å². The molecule has 0 aliphatic carbocycles. The van der Waals surface area contributed by atoms with E-state index in [1.807, 2.05) is 23.1 Å². The highest BCUT2D eigenvalue weighted by Gasteiger charge is 2.20. The van der Waals surface area contributed by atoms with Gasteiger partial charge in [0.15, 0.2) is 5.16 Å².